The molecule has 4 nitrogen and oxygen atoms in total. The fraction of sp³-hybridized carbons (Fsp3) is 0.0732. The van der Waals surface area contributed by atoms with Crippen molar-refractivity contribution in [1.29, 1.82) is 0 Å². The monoisotopic (exact) mass is 828 g/mol. The van der Waals surface area contributed by atoms with Crippen molar-refractivity contribution in [3.8, 4) is 0 Å². The van der Waals surface area contributed by atoms with Crippen LogP contribution in [0.15, 0.2) is 182 Å². The summed E-state index contributed by atoms with van der Waals surface area (Å²) in [6.45, 7) is 3.93. The van der Waals surface area contributed by atoms with Crippen molar-refractivity contribution in [1.82, 2.24) is 6.24 Å². The summed E-state index contributed by atoms with van der Waals surface area (Å²) in [5.74, 6) is -0.140. The summed E-state index contributed by atoms with van der Waals surface area (Å²) in [4.78, 5) is 31.5. The molecule has 0 radical (unpaired) electrons. The maximum absolute atomic E-state index is 16.0. The third kappa shape index (κ3) is 4.95. The fourth-order valence-electron chi connectivity index (χ4n) is 7.50. The summed E-state index contributed by atoms with van der Waals surface area (Å²) in [6.07, 6.45) is 0. The zero-order chi connectivity index (χ0) is 32.5. The molecule has 47 heavy (non-hydrogen) atoms. The molecule has 7 rings (SSSR count). The van der Waals surface area contributed by atoms with E-state index in [9.17, 15) is 0 Å². The molecule has 0 N–H and O–H groups in total. The van der Waals surface area contributed by atoms with E-state index in [1.807, 2.05) is 86.6 Å². The molecule has 0 unspecified atom stereocenters. The van der Waals surface area contributed by atoms with Crippen molar-refractivity contribution < 1.29 is 9.59 Å². The van der Waals surface area contributed by atoms with Gasteiger partial charge < -0.3 is 0 Å². The Morgan fingerprint density at radius 2 is 0.617 bits per heavy atom. The molecule has 1 aliphatic heterocycles. The Morgan fingerprint density at radius 1 is 0.383 bits per heavy atom. The number of nitrogens with zero attached hydrogens (tertiary/aromatic N) is 2. The number of imide groups is 1. The zero-order valence-corrected chi connectivity index (χ0v) is 32.2. The van der Waals surface area contributed by atoms with Crippen molar-refractivity contribution >= 4 is 70.7 Å². The van der Waals surface area contributed by atoms with Crippen LogP contribution in [0.5, 0.6) is 0 Å². The summed E-state index contributed by atoms with van der Waals surface area (Å²) in [5, 5.41) is 0. The second-order valence-corrected chi connectivity index (χ2v) is 33.0. The Morgan fingerprint density at radius 3 is 0.872 bits per heavy atom. The van der Waals surface area contributed by atoms with Gasteiger partial charge in [0.15, 0.2) is 0 Å². The van der Waals surface area contributed by atoms with E-state index in [2.05, 4.69) is 112 Å². The Labute approximate surface area is 285 Å². The molecule has 1 heterocycles. The molecule has 0 bridgehead atoms. The number of carbonyl (C=O) groups is 2. The number of hydrogen-bond acceptors (Lipinski definition) is 2. The van der Waals surface area contributed by atoms with Gasteiger partial charge >= 0.3 is 288 Å². The van der Waals surface area contributed by atoms with Crippen molar-refractivity contribution in [3.63, 3.8) is 0 Å². The molecule has 0 aliphatic carbocycles. The second kappa shape index (κ2) is 12.8. The van der Waals surface area contributed by atoms with Crippen LogP contribution in [-0.2, 0) is 4.79 Å². The van der Waals surface area contributed by atoms with E-state index in [1.54, 1.807) is 3.12 Å². The standard InChI is InChI=1S/6C6H5.C5H8N2O2.2Sn/c6*1-2-4-6-5-3-1;1-5(2)3(8)6-4(9)7-5;;/h6*1-5H;1-2H3,(H2,6,7,8,9);;/q;;;;;;;2*+1/p-2. The molecule has 0 saturated carbocycles. The third-order valence-corrected chi connectivity index (χ3v) is 36.6. The molecule has 6 aromatic rings. The SMILES string of the molecule is CC1(C)C(=O)[N]([Sn]([c]2ccccc2)([c]2ccccc2)[c]2ccccc2)C(=O)[N]1[Sn]([c]1ccccc1)([c]1ccccc1)[c]1ccccc1. The van der Waals surface area contributed by atoms with Crippen molar-refractivity contribution in [2.24, 2.45) is 0 Å². The van der Waals surface area contributed by atoms with E-state index < -0.39 is 42.8 Å². The summed E-state index contributed by atoms with van der Waals surface area (Å²) < 4.78 is 10.4. The van der Waals surface area contributed by atoms with Gasteiger partial charge in [0.2, 0.25) is 0 Å². The number of rotatable bonds is 8. The molecule has 6 heteroatoms. The normalized spacial score (nSPS) is 14.8. The Balaban J connectivity index is 1.60. The summed E-state index contributed by atoms with van der Waals surface area (Å²) in [6, 6.07) is 62.1. The first kappa shape index (κ1) is 31.5. The van der Waals surface area contributed by atoms with Gasteiger partial charge in [-0.2, -0.15) is 0 Å². The zero-order valence-electron chi connectivity index (χ0n) is 26.5. The van der Waals surface area contributed by atoms with E-state index >= 15 is 9.59 Å². The molecule has 1 aliphatic rings. The van der Waals surface area contributed by atoms with E-state index in [4.69, 9.17) is 0 Å². The van der Waals surface area contributed by atoms with Crippen LogP contribution in [-0.4, -0.2) is 61.0 Å². The van der Waals surface area contributed by atoms with Crippen LogP contribution in [0.3, 0.4) is 0 Å². The van der Waals surface area contributed by atoms with Gasteiger partial charge in [-0.3, -0.25) is 0 Å². The Bertz CT molecular complexity index is 1800. The topological polar surface area (TPSA) is 40.6 Å². The van der Waals surface area contributed by atoms with Gasteiger partial charge in [-0.1, -0.05) is 0 Å². The molecule has 0 atom stereocenters. The number of carbonyl (C=O) groups excluding carboxylic acids is 2. The molecule has 230 valence electrons. The number of hydrogen-bond donors (Lipinski definition) is 0. The van der Waals surface area contributed by atoms with Crippen LogP contribution in [0, 0.1) is 0 Å². The average Bonchev–Trinajstić information content (AvgIpc) is 3.31. The van der Waals surface area contributed by atoms with Gasteiger partial charge in [-0.05, 0) is 0 Å². The van der Waals surface area contributed by atoms with Crippen LogP contribution in [0.1, 0.15) is 13.8 Å². The van der Waals surface area contributed by atoms with E-state index in [0.29, 0.717) is 0 Å². The van der Waals surface area contributed by atoms with Crippen LogP contribution in [0.4, 0.5) is 4.79 Å². The van der Waals surface area contributed by atoms with Crippen molar-refractivity contribution in [3.05, 3.63) is 182 Å². The third-order valence-electron chi connectivity index (χ3n) is 9.49. The summed E-state index contributed by atoms with van der Waals surface area (Å²) in [5.41, 5.74) is -1.13. The first-order valence-electron chi connectivity index (χ1n) is 16.0. The summed E-state index contributed by atoms with van der Waals surface area (Å²) >= 11 is -9.24. The Kier molecular flexibility index (Phi) is 8.57. The molecule has 0 aromatic heterocycles. The first-order valence-corrected chi connectivity index (χ1v) is 27.1. The van der Waals surface area contributed by atoms with Crippen LogP contribution in [0.25, 0.3) is 0 Å². The molecule has 0 spiro atoms. The van der Waals surface area contributed by atoms with Gasteiger partial charge in [0, 0.05) is 0 Å². The minimum atomic E-state index is -4.67. The van der Waals surface area contributed by atoms with E-state index in [-0.39, 0.29) is 11.9 Å². The van der Waals surface area contributed by atoms with Crippen LogP contribution in [0.2, 0.25) is 0 Å². The molecule has 3 amide bonds. The Hall–Kier alpha value is -4.14. The van der Waals surface area contributed by atoms with Crippen LogP contribution >= 0.6 is 0 Å². The number of urea groups is 1. The van der Waals surface area contributed by atoms with Gasteiger partial charge in [0.1, 0.15) is 0 Å². The average molecular weight is 826 g/mol. The van der Waals surface area contributed by atoms with E-state index in [1.165, 1.54) is 0 Å². The van der Waals surface area contributed by atoms with Crippen molar-refractivity contribution in [2.75, 3.05) is 0 Å². The van der Waals surface area contributed by atoms with Crippen LogP contribution < -0.4 is 21.5 Å². The predicted octanol–water partition coefficient (Wildman–Crippen LogP) is 4.36. The maximum atomic E-state index is 16.0. The molecule has 6 aromatic carbocycles. The van der Waals surface area contributed by atoms with Gasteiger partial charge in [-0.25, -0.2) is 0 Å². The van der Waals surface area contributed by atoms with Gasteiger partial charge in [-0.15, -0.1) is 0 Å². The molecule has 1 saturated heterocycles. The number of amides is 3. The molecular weight excluding hydrogens is 790 g/mol. The fourth-order valence-corrected chi connectivity index (χ4v) is 36.5. The minimum absolute atomic E-state index is 0.140. The van der Waals surface area contributed by atoms with E-state index in [0.717, 1.165) is 21.5 Å². The van der Waals surface area contributed by atoms with Crippen molar-refractivity contribution in [2.45, 2.75) is 19.4 Å². The van der Waals surface area contributed by atoms with Gasteiger partial charge in [0.25, 0.3) is 0 Å². The molecular formula is C41H36N2O2Sn2. The first-order chi connectivity index (χ1) is 22.9. The molecule has 1 fully saturated rings. The predicted molar refractivity (Wildman–Crippen MR) is 196 cm³/mol. The second-order valence-electron chi connectivity index (χ2n) is 12.4. The quantitative estimate of drug-likeness (QED) is 0.169. The van der Waals surface area contributed by atoms with Gasteiger partial charge in [0.05, 0.1) is 0 Å². The number of benzene rings is 6. The summed E-state index contributed by atoms with van der Waals surface area (Å²) in [7, 11) is 0.